The van der Waals surface area contributed by atoms with E-state index in [1.165, 1.54) is 0 Å². The molecule has 0 amide bonds. The molecule has 0 aliphatic rings. The van der Waals surface area contributed by atoms with Crippen LogP contribution in [0.25, 0.3) is 0 Å². The minimum Gasteiger partial charge on any atom is -0.103 e. The minimum absolute atomic E-state index is 0.481. The highest BCUT2D eigenvalue weighted by Gasteiger charge is 1.86. The highest BCUT2D eigenvalue weighted by molar-refractivity contribution is 5.01. The Morgan fingerprint density at radius 3 is 2.62 bits per heavy atom. The Bertz CT molecular complexity index is 92.3. The van der Waals surface area contributed by atoms with Crippen LogP contribution in [0.1, 0.15) is 26.7 Å². The van der Waals surface area contributed by atoms with Crippen LogP contribution >= 0.6 is 0 Å². The summed E-state index contributed by atoms with van der Waals surface area (Å²) in [5.74, 6) is 6.56. The molecular weight excluding hydrogens is 96.1 g/mol. The standard InChI is InChI=1S/C8H13/c1-4-6-7-8(3)5-2/h8H,2,4-5H2,1,3H3. The first-order chi connectivity index (χ1) is 3.81. The SMILES string of the molecule is [CH2]CC(C)C#CCC. The van der Waals surface area contributed by atoms with Gasteiger partial charge in [0.2, 0.25) is 0 Å². The molecule has 8 heavy (non-hydrogen) atoms. The molecule has 0 rings (SSSR count). The van der Waals surface area contributed by atoms with Gasteiger partial charge in [-0.15, -0.1) is 11.8 Å². The van der Waals surface area contributed by atoms with E-state index in [1.54, 1.807) is 0 Å². The predicted molar refractivity (Wildman–Crippen MR) is 37.2 cm³/mol. The molecule has 0 aliphatic carbocycles. The van der Waals surface area contributed by atoms with Crippen LogP contribution in [0.15, 0.2) is 0 Å². The van der Waals surface area contributed by atoms with Gasteiger partial charge in [-0.05, 0) is 6.42 Å². The first kappa shape index (κ1) is 7.56. The summed E-state index contributed by atoms with van der Waals surface area (Å²) in [6.45, 7) is 7.89. The van der Waals surface area contributed by atoms with Gasteiger partial charge in [0.05, 0.1) is 0 Å². The van der Waals surface area contributed by atoms with Crippen molar-refractivity contribution in [3.63, 3.8) is 0 Å². The van der Waals surface area contributed by atoms with Crippen LogP contribution in [0.5, 0.6) is 0 Å². The molecule has 0 N–H and O–H groups in total. The molecule has 0 saturated heterocycles. The van der Waals surface area contributed by atoms with Crippen LogP contribution in [0, 0.1) is 24.7 Å². The van der Waals surface area contributed by atoms with Crippen molar-refractivity contribution in [3.05, 3.63) is 6.92 Å². The predicted octanol–water partition coefficient (Wildman–Crippen LogP) is 2.26. The fourth-order valence-corrected chi connectivity index (χ4v) is 0.348. The number of hydrogen-bond acceptors (Lipinski definition) is 0. The van der Waals surface area contributed by atoms with Gasteiger partial charge in [0.15, 0.2) is 0 Å². The monoisotopic (exact) mass is 109 g/mol. The second kappa shape index (κ2) is 4.71. The summed E-state index contributed by atoms with van der Waals surface area (Å²) in [4.78, 5) is 0. The molecule has 1 radical (unpaired) electrons. The van der Waals surface area contributed by atoms with Crippen molar-refractivity contribution in [3.8, 4) is 11.8 Å². The lowest BCUT2D eigenvalue weighted by molar-refractivity contribution is 0.769. The van der Waals surface area contributed by atoms with E-state index in [0.29, 0.717) is 5.92 Å². The Kier molecular flexibility index (Phi) is 4.45. The van der Waals surface area contributed by atoms with Crippen LogP contribution < -0.4 is 0 Å². The summed E-state index contributed by atoms with van der Waals surface area (Å²) < 4.78 is 0. The van der Waals surface area contributed by atoms with Crippen molar-refractivity contribution < 1.29 is 0 Å². The van der Waals surface area contributed by atoms with Gasteiger partial charge in [-0.3, -0.25) is 0 Å². The maximum Gasteiger partial charge on any atom is 0.0174 e. The summed E-state index contributed by atoms with van der Waals surface area (Å²) in [7, 11) is 0. The first-order valence-electron chi connectivity index (χ1n) is 3.08. The maximum atomic E-state index is 3.74. The summed E-state index contributed by atoms with van der Waals surface area (Å²) in [5, 5.41) is 0. The quantitative estimate of drug-likeness (QED) is 0.453. The van der Waals surface area contributed by atoms with Crippen LogP contribution in [0.3, 0.4) is 0 Å². The van der Waals surface area contributed by atoms with Crippen molar-refractivity contribution in [1.82, 2.24) is 0 Å². The minimum atomic E-state index is 0.481. The lowest BCUT2D eigenvalue weighted by Crippen LogP contribution is -1.83. The Labute approximate surface area is 52.3 Å². The lowest BCUT2D eigenvalue weighted by atomic mass is 10.1. The zero-order valence-electron chi connectivity index (χ0n) is 5.70. The van der Waals surface area contributed by atoms with Gasteiger partial charge in [-0.2, -0.15) is 0 Å². The van der Waals surface area contributed by atoms with Crippen LogP contribution in [0.2, 0.25) is 0 Å². The van der Waals surface area contributed by atoms with E-state index in [0.717, 1.165) is 12.8 Å². The van der Waals surface area contributed by atoms with Gasteiger partial charge in [-0.1, -0.05) is 20.8 Å². The van der Waals surface area contributed by atoms with E-state index in [9.17, 15) is 0 Å². The smallest absolute Gasteiger partial charge is 0.0174 e. The number of hydrogen-bond donors (Lipinski definition) is 0. The molecule has 0 heterocycles. The molecule has 45 valence electrons. The molecule has 0 spiro atoms. The van der Waals surface area contributed by atoms with E-state index in [2.05, 4.69) is 32.6 Å². The molecule has 0 aromatic heterocycles. The summed E-state index contributed by atoms with van der Waals surface area (Å²) >= 11 is 0. The summed E-state index contributed by atoms with van der Waals surface area (Å²) in [5.41, 5.74) is 0. The van der Waals surface area contributed by atoms with Gasteiger partial charge < -0.3 is 0 Å². The Morgan fingerprint density at radius 2 is 2.25 bits per heavy atom. The van der Waals surface area contributed by atoms with E-state index in [4.69, 9.17) is 0 Å². The first-order valence-corrected chi connectivity index (χ1v) is 3.08. The highest BCUT2D eigenvalue weighted by atomic mass is 13.9. The molecule has 0 nitrogen and oxygen atoms in total. The Balaban J connectivity index is 3.35. The van der Waals surface area contributed by atoms with Gasteiger partial charge >= 0.3 is 0 Å². The van der Waals surface area contributed by atoms with Crippen molar-refractivity contribution >= 4 is 0 Å². The summed E-state index contributed by atoms with van der Waals surface area (Å²) in [6, 6.07) is 0. The van der Waals surface area contributed by atoms with Crippen LogP contribution in [0.4, 0.5) is 0 Å². The average molecular weight is 109 g/mol. The van der Waals surface area contributed by atoms with E-state index in [-0.39, 0.29) is 0 Å². The third kappa shape index (κ3) is 3.74. The fourth-order valence-electron chi connectivity index (χ4n) is 0.348. The molecule has 0 heteroatoms. The topological polar surface area (TPSA) is 0 Å². The molecule has 0 bridgehead atoms. The molecular formula is C8H13. The van der Waals surface area contributed by atoms with Crippen molar-refractivity contribution in [2.45, 2.75) is 26.7 Å². The molecule has 0 aromatic rings. The Morgan fingerprint density at radius 1 is 1.62 bits per heavy atom. The summed E-state index contributed by atoms with van der Waals surface area (Å²) in [6.07, 6.45) is 1.89. The molecule has 0 aromatic carbocycles. The third-order valence-corrected chi connectivity index (χ3v) is 0.958. The van der Waals surface area contributed by atoms with Gasteiger partial charge in [0.25, 0.3) is 0 Å². The van der Waals surface area contributed by atoms with Crippen LogP contribution in [-0.4, -0.2) is 0 Å². The van der Waals surface area contributed by atoms with E-state index >= 15 is 0 Å². The van der Waals surface area contributed by atoms with Gasteiger partial charge in [0, 0.05) is 12.3 Å². The third-order valence-electron chi connectivity index (χ3n) is 0.958. The molecule has 0 fully saturated rings. The van der Waals surface area contributed by atoms with Gasteiger partial charge in [-0.25, -0.2) is 0 Å². The normalized spacial score (nSPS) is 11.9. The second-order valence-electron chi connectivity index (χ2n) is 1.86. The molecule has 0 aliphatic heterocycles. The lowest BCUT2D eigenvalue weighted by Gasteiger charge is -1.92. The Hall–Kier alpha value is -0.440. The zero-order valence-corrected chi connectivity index (χ0v) is 5.70. The zero-order chi connectivity index (χ0) is 6.41. The maximum absolute atomic E-state index is 3.74. The van der Waals surface area contributed by atoms with Crippen LogP contribution in [-0.2, 0) is 0 Å². The molecule has 0 saturated carbocycles. The molecule has 1 atom stereocenters. The largest absolute Gasteiger partial charge is 0.103 e. The fraction of sp³-hybridized carbons (Fsp3) is 0.625. The van der Waals surface area contributed by atoms with E-state index in [1.807, 2.05) is 0 Å². The molecule has 1 unspecified atom stereocenters. The van der Waals surface area contributed by atoms with Crippen molar-refractivity contribution in [1.29, 1.82) is 0 Å². The second-order valence-corrected chi connectivity index (χ2v) is 1.86. The van der Waals surface area contributed by atoms with Crippen molar-refractivity contribution in [2.75, 3.05) is 0 Å². The average Bonchev–Trinajstić information content (AvgIpc) is 1.83. The van der Waals surface area contributed by atoms with Crippen molar-refractivity contribution in [2.24, 2.45) is 5.92 Å². The highest BCUT2D eigenvalue weighted by Crippen LogP contribution is 1.95. The van der Waals surface area contributed by atoms with E-state index < -0.39 is 0 Å². The number of rotatable bonds is 1. The van der Waals surface area contributed by atoms with Gasteiger partial charge in [0.1, 0.15) is 0 Å².